The number of rotatable bonds is 12. The zero-order valence-electron chi connectivity index (χ0n) is 22.7. The van der Waals surface area contributed by atoms with Crippen LogP contribution in [0.1, 0.15) is 54.7 Å². The number of carbonyl (C=O) groups is 2. The van der Waals surface area contributed by atoms with Crippen LogP contribution in [-0.2, 0) is 32.7 Å². The molecular weight excluding hydrogens is 541 g/mol. The van der Waals surface area contributed by atoms with E-state index in [1.807, 2.05) is 0 Å². The molecule has 0 aromatic carbocycles. The second kappa shape index (κ2) is 13.5. The highest BCUT2D eigenvalue weighted by Crippen LogP contribution is 2.46. The van der Waals surface area contributed by atoms with Gasteiger partial charge >= 0.3 is 19.4 Å². The van der Waals surface area contributed by atoms with E-state index in [4.69, 9.17) is 18.5 Å². The molecule has 1 fully saturated rings. The number of H-pyrrole nitrogens is 1. The lowest BCUT2D eigenvalue weighted by atomic mass is 10.00. The van der Waals surface area contributed by atoms with Crippen molar-refractivity contribution in [2.24, 2.45) is 11.3 Å². The van der Waals surface area contributed by atoms with Gasteiger partial charge in [-0.1, -0.05) is 39.5 Å². The molecule has 3 N–H and O–H groups in total. The first-order chi connectivity index (χ1) is 17.5. The van der Waals surface area contributed by atoms with Gasteiger partial charge in [-0.05, 0) is 20.8 Å². The van der Waals surface area contributed by atoms with Crippen molar-refractivity contribution < 1.29 is 37.8 Å². The maximum atomic E-state index is 13.6. The fraction of sp³-hybridized carbons (Fsp3) is 0.739. The summed E-state index contributed by atoms with van der Waals surface area (Å²) >= 11 is 1.03. The van der Waals surface area contributed by atoms with Crippen LogP contribution in [0.3, 0.4) is 0 Å². The first-order valence-electron chi connectivity index (χ1n) is 12.2. The zero-order chi connectivity index (χ0) is 28.8. The number of aliphatic hydroxyl groups excluding tert-OH is 1. The lowest BCUT2D eigenvalue weighted by molar-refractivity contribution is -0.149. The van der Waals surface area contributed by atoms with Crippen molar-refractivity contribution in [2.45, 2.75) is 79.0 Å². The molecule has 0 radical (unpaired) electrons. The van der Waals surface area contributed by atoms with Gasteiger partial charge in [-0.25, -0.2) is 14.4 Å². The molecule has 0 spiro atoms. The number of esters is 1. The number of hydrogen-bond donors (Lipinski definition) is 3. The Morgan fingerprint density at radius 2 is 1.92 bits per heavy atom. The molecule has 216 valence electrons. The summed E-state index contributed by atoms with van der Waals surface area (Å²) in [5.74, 6) is -1.03. The fourth-order valence-corrected chi connectivity index (χ4v) is 5.71. The second-order valence-corrected chi connectivity index (χ2v) is 13.1. The number of hydrogen-bond acceptors (Lipinski definition) is 11. The van der Waals surface area contributed by atoms with Crippen LogP contribution in [0.5, 0.6) is 0 Å². The van der Waals surface area contributed by atoms with Crippen LogP contribution in [0, 0.1) is 11.3 Å². The van der Waals surface area contributed by atoms with E-state index in [2.05, 4.69) is 10.1 Å². The molecule has 1 aliphatic heterocycles. The SMILES string of the molecule is CC(C)OC(=O)[C@H](C)N[P@](=O)(OCCSC(=O)C(C)(C)C)OC[C@H]1O[C@@H](n2ccc(=O)[nH]c2=O)[C@H](O)[C@@H]1C. The minimum Gasteiger partial charge on any atom is -0.462 e. The number of carbonyl (C=O) groups excluding carboxylic acids is 2. The summed E-state index contributed by atoms with van der Waals surface area (Å²) < 4.78 is 36.7. The summed E-state index contributed by atoms with van der Waals surface area (Å²) in [6.45, 7) is 11.4. The molecule has 0 bridgehead atoms. The molecule has 1 aliphatic rings. The van der Waals surface area contributed by atoms with Gasteiger partial charge in [0.1, 0.15) is 12.1 Å². The summed E-state index contributed by atoms with van der Waals surface area (Å²) in [7, 11) is -4.13. The van der Waals surface area contributed by atoms with Crippen molar-refractivity contribution in [1.29, 1.82) is 0 Å². The number of aliphatic hydroxyl groups is 1. The smallest absolute Gasteiger partial charge is 0.406 e. The average molecular weight is 580 g/mol. The van der Waals surface area contributed by atoms with E-state index >= 15 is 0 Å². The molecule has 1 aromatic rings. The standard InChI is InChI=1S/C23H38N3O10PS/c1-13(2)35-20(29)15(4)25-37(32,33-10-11-38-21(30)23(5,6)7)34-12-16-14(3)18(28)19(36-16)26-9-8-17(27)24-22(26)31/h8-9,13-16,18-19,28H,10-12H2,1-7H3,(H,25,32)(H,24,27,31)/t14-,15+,16-,18-,19-,37+/m1/s1. The summed E-state index contributed by atoms with van der Waals surface area (Å²) in [6.07, 6.45) is -2.26. The van der Waals surface area contributed by atoms with Gasteiger partial charge in [0.25, 0.3) is 5.56 Å². The highest BCUT2D eigenvalue weighted by molar-refractivity contribution is 8.13. The number of nitrogens with one attached hydrogen (secondary N) is 2. The van der Waals surface area contributed by atoms with Crippen LogP contribution in [0.25, 0.3) is 0 Å². The predicted molar refractivity (Wildman–Crippen MR) is 141 cm³/mol. The van der Waals surface area contributed by atoms with Crippen LogP contribution in [0.15, 0.2) is 21.9 Å². The second-order valence-electron chi connectivity index (χ2n) is 10.3. The number of nitrogens with zero attached hydrogens (tertiary/aromatic N) is 1. The Bertz CT molecular complexity index is 1130. The van der Waals surface area contributed by atoms with Crippen LogP contribution in [0.4, 0.5) is 0 Å². The van der Waals surface area contributed by atoms with Crippen molar-refractivity contribution in [1.82, 2.24) is 14.6 Å². The van der Waals surface area contributed by atoms with Crippen molar-refractivity contribution in [2.75, 3.05) is 19.0 Å². The van der Waals surface area contributed by atoms with E-state index in [-0.39, 0.29) is 24.1 Å². The average Bonchev–Trinajstić information content (AvgIpc) is 3.08. The van der Waals surface area contributed by atoms with Crippen molar-refractivity contribution >= 4 is 30.6 Å². The van der Waals surface area contributed by atoms with Crippen LogP contribution >= 0.6 is 19.5 Å². The molecule has 0 amide bonds. The molecule has 38 heavy (non-hydrogen) atoms. The Labute approximate surface area is 225 Å². The molecular formula is C23H38N3O10PS. The first-order valence-corrected chi connectivity index (χ1v) is 14.8. The van der Waals surface area contributed by atoms with Gasteiger partial charge in [0, 0.05) is 29.3 Å². The maximum Gasteiger partial charge on any atom is 0.406 e. The van der Waals surface area contributed by atoms with E-state index in [1.54, 1.807) is 41.5 Å². The van der Waals surface area contributed by atoms with Crippen LogP contribution in [-0.4, -0.2) is 69.1 Å². The summed E-state index contributed by atoms with van der Waals surface area (Å²) in [5, 5.41) is 13.1. The third-order valence-electron chi connectivity index (χ3n) is 5.51. The molecule has 1 aromatic heterocycles. The Balaban J connectivity index is 2.11. The number of aromatic amines is 1. The molecule has 13 nitrogen and oxygen atoms in total. The highest BCUT2D eigenvalue weighted by Gasteiger charge is 2.44. The first kappa shape index (κ1) is 32.4. The predicted octanol–water partition coefficient (Wildman–Crippen LogP) is 1.81. The molecule has 15 heteroatoms. The normalized spacial score (nSPS) is 24.2. The van der Waals surface area contributed by atoms with Gasteiger partial charge in [-0.2, -0.15) is 0 Å². The molecule has 6 atom stereocenters. The van der Waals surface area contributed by atoms with Crippen LogP contribution in [0.2, 0.25) is 0 Å². The minimum absolute atomic E-state index is 0.0654. The topological polar surface area (TPSA) is 175 Å². The van der Waals surface area contributed by atoms with Crippen molar-refractivity contribution in [3.05, 3.63) is 33.1 Å². The number of thioether (sulfide) groups is 1. The number of ether oxygens (including phenoxy) is 2. The van der Waals surface area contributed by atoms with Crippen molar-refractivity contribution in [3.8, 4) is 0 Å². The zero-order valence-corrected chi connectivity index (χ0v) is 24.4. The monoisotopic (exact) mass is 579 g/mol. The summed E-state index contributed by atoms with van der Waals surface area (Å²) in [5.41, 5.74) is -1.91. The third kappa shape index (κ3) is 9.15. The van der Waals surface area contributed by atoms with E-state index in [9.17, 15) is 28.8 Å². The minimum atomic E-state index is -4.13. The van der Waals surface area contributed by atoms with E-state index in [0.717, 1.165) is 22.4 Å². The van der Waals surface area contributed by atoms with Gasteiger partial charge in [0.05, 0.1) is 25.4 Å². The van der Waals surface area contributed by atoms with Gasteiger partial charge in [0.2, 0.25) is 0 Å². The van der Waals surface area contributed by atoms with Gasteiger partial charge in [-0.15, -0.1) is 0 Å². The Morgan fingerprint density at radius 3 is 2.50 bits per heavy atom. The molecule has 2 rings (SSSR count). The Hall–Kier alpha value is -1.80. The van der Waals surface area contributed by atoms with Crippen LogP contribution < -0.4 is 16.3 Å². The number of aromatic nitrogens is 2. The van der Waals surface area contributed by atoms with Crippen molar-refractivity contribution in [3.63, 3.8) is 0 Å². The molecule has 2 heterocycles. The summed E-state index contributed by atoms with van der Waals surface area (Å²) in [6, 6.07) is 0.0740. The maximum absolute atomic E-state index is 13.6. The Morgan fingerprint density at radius 1 is 1.26 bits per heavy atom. The Kier molecular flexibility index (Phi) is 11.5. The van der Waals surface area contributed by atoms with E-state index < -0.39 is 66.9 Å². The van der Waals surface area contributed by atoms with Gasteiger partial charge < -0.3 is 14.6 Å². The molecule has 0 aliphatic carbocycles. The fourth-order valence-electron chi connectivity index (χ4n) is 3.33. The van der Waals surface area contributed by atoms with Gasteiger partial charge in [-0.3, -0.25) is 33.0 Å². The lowest BCUT2D eigenvalue weighted by Gasteiger charge is -2.25. The molecule has 0 saturated carbocycles. The van der Waals surface area contributed by atoms with E-state index in [1.165, 1.54) is 13.1 Å². The lowest BCUT2D eigenvalue weighted by Crippen LogP contribution is -2.36. The highest BCUT2D eigenvalue weighted by atomic mass is 32.2. The quantitative estimate of drug-likeness (QED) is 0.186. The largest absolute Gasteiger partial charge is 0.462 e. The van der Waals surface area contributed by atoms with E-state index in [0.29, 0.717) is 0 Å². The molecule has 0 unspecified atom stereocenters. The van der Waals surface area contributed by atoms with Gasteiger partial charge in [0.15, 0.2) is 11.3 Å². The molecule has 1 saturated heterocycles. The third-order valence-corrected chi connectivity index (χ3v) is 8.47. The summed E-state index contributed by atoms with van der Waals surface area (Å²) in [4.78, 5) is 50.1.